The van der Waals surface area contributed by atoms with E-state index >= 15 is 0 Å². The first-order valence-corrected chi connectivity index (χ1v) is 9.02. The Morgan fingerprint density at radius 1 is 1.08 bits per heavy atom. The maximum atomic E-state index is 12.0. The molecule has 1 fully saturated rings. The van der Waals surface area contributed by atoms with Gasteiger partial charge >= 0.3 is 0 Å². The summed E-state index contributed by atoms with van der Waals surface area (Å²) in [5.74, 6) is 0.0391. The Labute approximate surface area is 153 Å². The number of nitrogens with zero attached hydrogens (tertiary/aromatic N) is 1. The van der Waals surface area contributed by atoms with Crippen molar-refractivity contribution >= 4 is 23.2 Å². The van der Waals surface area contributed by atoms with Crippen molar-refractivity contribution in [2.24, 2.45) is 0 Å². The fourth-order valence-electron chi connectivity index (χ4n) is 2.88. The number of hydrogen-bond donors (Lipinski definition) is 1. The van der Waals surface area contributed by atoms with Crippen LogP contribution in [0.5, 0.6) is 0 Å². The second-order valence-electron chi connectivity index (χ2n) is 6.13. The van der Waals surface area contributed by atoms with Crippen molar-refractivity contribution < 1.29 is 9.53 Å². The highest BCUT2D eigenvalue weighted by molar-refractivity contribution is 6.31. The molecule has 0 radical (unpaired) electrons. The minimum absolute atomic E-state index is 0.0391. The molecule has 0 atom stereocenters. The molecule has 1 aliphatic heterocycles. The number of carbonyl (C=O) groups is 1. The van der Waals surface area contributed by atoms with Crippen LogP contribution in [0.2, 0.25) is 5.02 Å². The molecule has 0 saturated carbocycles. The zero-order valence-corrected chi connectivity index (χ0v) is 15.0. The first kappa shape index (κ1) is 17.8. The summed E-state index contributed by atoms with van der Waals surface area (Å²) in [5, 5.41) is 3.61. The minimum atomic E-state index is 0.0391. The lowest BCUT2D eigenvalue weighted by Crippen LogP contribution is -2.36. The van der Waals surface area contributed by atoms with E-state index in [0.717, 1.165) is 38.3 Å². The van der Waals surface area contributed by atoms with Crippen molar-refractivity contribution in [2.75, 3.05) is 31.2 Å². The number of rotatable bonds is 6. The van der Waals surface area contributed by atoms with E-state index in [2.05, 4.69) is 34.5 Å². The van der Waals surface area contributed by atoms with Gasteiger partial charge in [0.2, 0.25) is 5.91 Å². The number of ether oxygens (including phenoxy) is 1. The average molecular weight is 359 g/mol. The van der Waals surface area contributed by atoms with Crippen LogP contribution in [-0.4, -0.2) is 32.2 Å². The average Bonchev–Trinajstić information content (AvgIpc) is 2.67. The fourth-order valence-corrected chi connectivity index (χ4v) is 3.08. The zero-order valence-electron chi connectivity index (χ0n) is 14.2. The summed E-state index contributed by atoms with van der Waals surface area (Å²) < 4.78 is 5.38. The Kier molecular flexibility index (Phi) is 6.31. The normalized spacial score (nSPS) is 14.4. The lowest BCUT2D eigenvalue weighted by atomic mass is 10.1. The SMILES string of the molecule is O=C(CCc1ccc(N2CCOCC2)cc1)NCc1ccccc1Cl. The summed E-state index contributed by atoms with van der Waals surface area (Å²) in [5.41, 5.74) is 3.33. The number of anilines is 1. The number of benzene rings is 2. The van der Waals surface area contributed by atoms with Gasteiger partial charge in [-0.15, -0.1) is 0 Å². The molecule has 3 rings (SSSR count). The van der Waals surface area contributed by atoms with Gasteiger partial charge in [-0.1, -0.05) is 41.9 Å². The maximum Gasteiger partial charge on any atom is 0.220 e. The Bertz CT molecular complexity index is 697. The van der Waals surface area contributed by atoms with Crippen LogP contribution in [0.3, 0.4) is 0 Å². The Morgan fingerprint density at radius 2 is 1.80 bits per heavy atom. The van der Waals surface area contributed by atoms with E-state index in [9.17, 15) is 4.79 Å². The van der Waals surface area contributed by atoms with Gasteiger partial charge in [0, 0.05) is 36.8 Å². The summed E-state index contributed by atoms with van der Waals surface area (Å²) in [6, 6.07) is 16.0. The van der Waals surface area contributed by atoms with Gasteiger partial charge in [-0.3, -0.25) is 4.79 Å². The van der Waals surface area contributed by atoms with E-state index in [1.165, 1.54) is 11.3 Å². The van der Waals surface area contributed by atoms with Crippen molar-refractivity contribution in [3.63, 3.8) is 0 Å². The second-order valence-corrected chi connectivity index (χ2v) is 6.54. The monoisotopic (exact) mass is 358 g/mol. The van der Waals surface area contributed by atoms with E-state index in [1.807, 2.05) is 24.3 Å². The van der Waals surface area contributed by atoms with E-state index < -0.39 is 0 Å². The fraction of sp³-hybridized carbons (Fsp3) is 0.350. The van der Waals surface area contributed by atoms with Crippen LogP contribution in [0.25, 0.3) is 0 Å². The van der Waals surface area contributed by atoms with Crippen LogP contribution in [-0.2, 0) is 22.5 Å². The van der Waals surface area contributed by atoms with Crippen LogP contribution in [0.15, 0.2) is 48.5 Å². The molecule has 0 spiro atoms. The molecular formula is C20H23ClN2O2. The van der Waals surface area contributed by atoms with Crippen molar-refractivity contribution in [3.05, 3.63) is 64.7 Å². The molecule has 4 nitrogen and oxygen atoms in total. The Hall–Kier alpha value is -2.04. The van der Waals surface area contributed by atoms with Gasteiger partial charge in [-0.05, 0) is 35.7 Å². The molecule has 5 heteroatoms. The lowest BCUT2D eigenvalue weighted by molar-refractivity contribution is -0.121. The molecule has 1 amide bonds. The molecule has 0 aliphatic carbocycles. The number of nitrogens with one attached hydrogen (secondary N) is 1. The first-order chi connectivity index (χ1) is 12.2. The maximum absolute atomic E-state index is 12.0. The van der Waals surface area contributed by atoms with Gasteiger partial charge in [0.15, 0.2) is 0 Å². The van der Waals surface area contributed by atoms with Gasteiger partial charge in [0.05, 0.1) is 13.2 Å². The van der Waals surface area contributed by atoms with Crippen LogP contribution >= 0.6 is 11.6 Å². The molecule has 25 heavy (non-hydrogen) atoms. The van der Waals surface area contributed by atoms with Crippen molar-refractivity contribution in [1.29, 1.82) is 0 Å². The number of carbonyl (C=O) groups excluding carboxylic acids is 1. The van der Waals surface area contributed by atoms with Gasteiger partial charge < -0.3 is 15.0 Å². The molecule has 2 aromatic rings. The molecule has 0 aromatic heterocycles. The third-order valence-electron chi connectivity index (χ3n) is 4.39. The number of hydrogen-bond acceptors (Lipinski definition) is 3. The number of amides is 1. The van der Waals surface area contributed by atoms with E-state index in [1.54, 1.807) is 0 Å². The van der Waals surface area contributed by atoms with Gasteiger partial charge in [0.1, 0.15) is 0 Å². The predicted molar refractivity (Wildman–Crippen MR) is 101 cm³/mol. The van der Waals surface area contributed by atoms with Gasteiger partial charge in [0.25, 0.3) is 0 Å². The number of aryl methyl sites for hydroxylation is 1. The molecular weight excluding hydrogens is 336 g/mol. The molecule has 1 saturated heterocycles. The van der Waals surface area contributed by atoms with Gasteiger partial charge in [-0.25, -0.2) is 0 Å². The first-order valence-electron chi connectivity index (χ1n) is 8.64. The van der Waals surface area contributed by atoms with Crippen molar-refractivity contribution in [1.82, 2.24) is 5.32 Å². The summed E-state index contributed by atoms with van der Waals surface area (Å²) >= 11 is 6.10. The highest BCUT2D eigenvalue weighted by atomic mass is 35.5. The van der Waals surface area contributed by atoms with Crippen LogP contribution < -0.4 is 10.2 Å². The molecule has 0 bridgehead atoms. The standard InChI is InChI=1S/C20H23ClN2O2/c21-19-4-2-1-3-17(19)15-22-20(24)10-7-16-5-8-18(9-6-16)23-11-13-25-14-12-23/h1-6,8-9H,7,10-15H2,(H,22,24). The minimum Gasteiger partial charge on any atom is -0.378 e. The highest BCUT2D eigenvalue weighted by Crippen LogP contribution is 2.17. The summed E-state index contributed by atoms with van der Waals surface area (Å²) in [4.78, 5) is 14.4. The van der Waals surface area contributed by atoms with Crippen molar-refractivity contribution in [2.45, 2.75) is 19.4 Å². The third kappa shape index (κ3) is 5.21. The molecule has 1 heterocycles. The summed E-state index contributed by atoms with van der Waals surface area (Å²) in [7, 11) is 0. The topological polar surface area (TPSA) is 41.6 Å². The smallest absolute Gasteiger partial charge is 0.220 e. The third-order valence-corrected chi connectivity index (χ3v) is 4.76. The van der Waals surface area contributed by atoms with Crippen LogP contribution in [0.4, 0.5) is 5.69 Å². The quantitative estimate of drug-likeness (QED) is 0.860. The lowest BCUT2D eigenvalue weighted by Gasteiger charge is -2.28. The number of halogens is 1. The molecule has 2 aromatic carbocycles. The van der Waals surface area contributed by atoms with E-state index in [-0.39, 0.29) is 5.91 Å². The molecule has 132 valence electrons. The predicted octanol–water partition coefficient (Wildman–Crippen LogP) is 3.43. The van der Waals surface area contributed by atoms with Crippen LogP contribution in [0.1, 0.15) is 17.5 Å². The molecule has 1 N–H and O–H groups in total. The van der Waals surface area contributed by atoms with Crippen LogP contribution in [0, 0.1) is 0 Å². The molecule has 0 unspecified atom stereocenters. The van der Waals surface area contributed by atoms with Crippen molar-refractivity contribution in [3.8, 4) is 0 Å². The summed E-state index contributed by atoms with van der Waals surface area (Å²) in [6.45, 7) is 3.91. The largest absolute Gasteiger partial charge is 0.378 e. The Balaban J connectivity index is 1.44. The summed E-state index contributed by atoms with van der Waals surface area (Å²) in [6.07, 6.45) is 1.21. The zero-order chi connectivity index (χ0) is 17.5. The number of morpholine rings is 1. The highest BCUT2D eigenvalue weighted by Gasteiger charge is 2.11. The Morgan fingerprint density at radius 3 is 2.52 bits per heavy atom. The van der Waals surface area contributed by atoms with Gasteiger partial charge in [-0.2, -0.15) is 0 Å². The van der Waals surface area contributed by atoms with E-state index in [4.69, 9.17) is 16.3 Å². The molecule has 1 aliphatic rings. The van der Waals surface area contributed by atoms with E-state index in [0.29, 0.717) is 18.0 Å². The second kappa shape index (κ2) is 8.88.